The van der Waals surface area contributed by atoms with E-state index in [1.165, 1.54) is 12.8 Å². The monoisotopic (exact) mass is 274 g/mol. The number of aliphatic carboxylic acids is 1. The summed E-state index contributed by atoms with van der Waals surface area (Å²) >= 11 is -0.342. The minimum absolute atomic E-state index is 0.342. The average molecular weight is 272 g/mol. The molecule has 0 bridgehead atoms. The molecule has 2 nitrogen and oxygen atoms in total. The Kier molecular flexibility index (Phi) is 5.12. The maximum atomic E-state index is 10.6. The molecule has 0 atom stereocenters. The van der Waals surface area contributed by atoms with Crippen molar-refractivity contribution in [3.63, 3.8) is 0 Å². The van der Waals surface area contributed by atoms with Crippen LogP contribution in [0.15, 0.2) is 0 Å². The van der Waals surface area contributed by atoms with Crippen LogP contribution < -0.4 is 0 Å². The Labute approximate surface area is 78.5 Å². The molecule has 0 rings (SSSR count). The molecule has 66 valence electrons. The van der Waals surface area contributed by atoms with Gasteiger partial charge in [-0.25, -0.2) is 0 Å². The van der Waals surface area contributed by atoms with Crippen LogP contribution in [0.3, 0.4) is 0 Å². The number of hydrogen-bond donors (Lipinski definition) is 1. The molecule has 3 heteroatoms. The Bertz CT molecular complexity index is 132. The first-order chi connectivity index (χ1) is 5.00. The third-order valence-corrected chi connectivity index (χ3v) is 5.44. The molecule has 0 heterocycles. The van der Waals surface area contributed by atoms with Gasteiger partial charge in [-0.15, -0.1) is 0 Å². The molecule has 0 spiro atoms. The predicted molar refractivity (Wildman–Crippen MR) is 47.1 cm³/mol. The van der Waals surface area contributed by atoms with Gasteiger partial charge in [-0.1, -0.05) is 0 Å². The van der Waals surface area contributed by atoms with Gasteiger partial charge in [0.2, 0.25) is 0 Å². The first-order valence-electron chi connectivity index (χ1n) is 3.88. The van der Waals surface area contributed by atoms with E-state index >= 15 is 0 Å². The Morgan fingerprint density at radius 1 is 1.55 bits per heavy atom. The van der Waals surface area contributed by atoms with Gasteiger partial charge in [0.1, 0.15) is 0 Å². The van der Waals surface area contributed by atoms with E-state index in [0.717, 1.165) is 4.47 Å². The van der Waals surface area contributed by atoms with Crippen molar-refractivity contribution in [3.8, 4) is 0 Å². The van der Waals surface area contributed by atoms with Crippen LogP contribution in [-0.4, -0.2) is 32.0 Å². The summed E-state index contributed by atoms with van der Waals surface area (Å²) in [4.78, 5) is 10.6. The van der Waals surface area contributed by atoms with Crippen LogP contribution in [0.5, 0.6) is 0 Å². The van der Waals surface area contributed by atoms with Gasteiger partial charge in [-0.2, -0.15) is 0 Å². The molecular formula is C8H16O2Te. The van der Waals surface area contributed by atoms with Crippen molar-refractivity contribution < 1.29 is 9.90 Å². The Morgan fingerprint density at radius 2 is 2.09 bits per heavy atom. The summed E-state index contributed by atoms with van der Waals surface area (Å²) in [5, 5.41) is 8.77. The van der Waals surface area contributed by atoms with E-state index in [9.17, 15) is 4.79 Å². The summed E-state index contributed by atoms with van der Waals surface area (Å²) < 4.78 is 0.751. The van der Waals surface area contributed by atoms with Crippen molar-refractivity contribution in [1.29, 1.82) is 0 Å². The van der Waals surface area contributed by atoms with E-state index in [-0.39, 0.29) is 20.9 Å². The molecule has 1 N–H and O–H groups in total. The molecule has 0 saturated carbocycles. The standard InChI is InChI=1S/C8H16O2Te/c1-4-5-6-11-8(2,3)7(9)10/h4-6H2,1-3H3,(H,9,10). The van der Waals surface area contributed by atoms with Crippen molar-refractivity contribution >= 4 is 26.9 Å². The molecule has 0 aromatic heterocycles. The Hall–Kier alpha value is 0.260. The minimum atomic E-state index is -0.629. The van der Waals surface area contributed by atoms with Gasteiger partial charge < -0.3 is 0 Å². The summed E-state index contributed by atoms with van der Waals surface area (Å²) in [6, 6.07) is 0. The van der Waals surface area contributed by atoms with Crippen LogP contribution in [0.25, 0.3) is 0 Å². The van der Waals surface area contributed by atoms with Gasteiger partial charge in [-0.05, 0) is 0 Å². The number of hydrogen-bond acceptors (Lipinski definition) is 1. The average Bonchev–Trinajstić information content (AvgIpc) is 1.88. The van der Waals surface area contributed by atoms with Crippen LogP contribution >= 0.6 is 0 Å². The van der Waals surface area contributed by atoms with Gasteiger partial charge >= 0.3 is 78.3 Å². The number of unbranched alkanes of at least 4 members (excludes halogenated alkanes) is 1. The third kappa shape index (κ3) is 4.66. The second-order valence-electron chi connectivity index (χ2n) is 3.02. The van der Waals surface area contributed by atoms with E-state index in [1.54, 1.807) is 0 Å². The summed E-state index contributed by atoms with van der Waals surface area (Å²) in [5.74, 6) is -0.629. The normalized spacial score (nSPS) is 11.5. The Balaban J connectivity index is 3.64. The van der Waals surface area contributed by atoms with Crippen molar-refractivity contribution in [2.45, 2.75) is 41.5 Å². The quantitative estimate of drug-likeness (QED) is 0.615. The second-order valence-corrected chi connectivity index (χ2v) is 7.92. The molecule has 0 aromatic rings. The third-order valence-electron chi connectivity index (χ3n) is 1.48. The second kappa shape index (κ2) is 5.00. The van der Waals surface area contributed by atoms with Crippen LogP contribution in [0.2, 0.25) is 7.93 Å². The van der Waals surface area contributed by atoms with Crippen LogP contribution in [0.1, 0.15) is 33.6 Å². The van der Waals surface area contributed by atoms with Crippen molar-refractivity contribution in [2.75, 3.05) is 0 Å². The number of carboxylic acid groups (broad SMARTS) is 1. The van der Waals surface area contributed by atoms with Gasteiger partial charge in [0, 0.05) is 0 Å². The van der Waals surface area contributed by atoms with Crippen molar-refractivity contribution in [3.05, 3.63) is 0 Å². The van der Waals surface area contributed by atoms with Crippen molar-refractivity contribution in [2.24, 2.45) is 0 Å². The van der Waals surface area contributed by atoms with E-state index in [4.69, 9.17) is 5.11 Å². The van der Waals surface area contributed by atoms with Crippen LogP contribution in [-0.2, 0) is 4.79 Å². The van der Waals surface area contributed by atoms with Gasteiger partial charge in [0.15, 0.2) is 0 Å². The first-order valence-corrected chi connectivity index (χ1v) is 6.69. The fourth-order valence-electron chi connectivity index (χ4n) is 0.533. The maximum absolute atomic E-state index is 10.6. The molecule has 0 radical (unpaired) electrons. The zero-order valence-electron chi connectivity index (χ0n) is 7.39. The zero-order valence-corrected chi connectivity index (χ0v) is 9.72. The molecule has 0 unspecified atom stereocenters. The van der Waals surface area contributed by atoms with E-state index in [0.29, 0.717) is 0 Å². The molecular weight excluding hydrogens is 256 g/mol. The Morgan fingerprint density at radius 3 is 2.45 bits per heavy atom. The van der Waals surface area contributed by atoms with Gasteiger partial charge in [0.25, 0.3) is 0 Å². The van der Waals surface area contributed by atoms with Crippen molar-refractivity contribution in [1.82, 2.24) is 0 Å². The number of carboxylic acids is 1. The topological polar surface area (TPSA) is 37.3 Å². The fourth-order valence-corrected chi connectivity index (χ4v) is 3.58. The summed E-state index contributed by atoms with van der Waals surface area (Å²) in [5.41, 5.74) is 0. The van der Waals surface area contributed by atoms with Gasteiger partial charge in [-0.3, -0.25) is 0 Å². The summed E-state index contributed by atoms with van der Waals surface area (Å²) in [7, 11) is 0. The molecule has 0 aliphatic heterocycles. The van der Waals surface area contributed by atoms with Crippen LogP contribution in [0.4, 0.5) is 0 Å². The summed E-state index contributed by atoms with van der Waals surface area (Å²) in [6.07, 6.45) is 2.37. The first kappa shape index (κ1) is 11.3. The molecule has 0 fully saturated rings. The number of rotatable bonds is 5. The molecule has 0 aliphatic carbocycles. The van der Waals surface area contributed by atoms with E-state index < -0.39 is 9.43 Å². The molecule has 0 aliphatic rings. The summed E-state index contributed by atoms with van der Waals surface area (Å²) in [6.45, 7) is 5.82. The SMILES string of the molecule is CCCC[Te]C(C)(C)C(=O)O. The zero-order chi connectivity index (χ0) is 8.91. The number of carbonyl (C=O) groups is 1. The molecule has 0 amide bonds. The van der Waals surface area contributed by atoms with Crippen LogP contribution in [0, 0.1) is 0 Å². The van der Waals surface area contributed by atoms with E-state index in [2.05, 4.69) is 6.92 Å². The molecule has 0 aromatic carbocycles. The molecule has 11 heavy (non-hydrogen) atoms. The predicted octanol–water partition coefficient (Wildman–Crippen LogP) is 2.19. The van der Waals surface area contributed by atoms with E-state index in [1.807, 2.05) is 13.8 Å². The fraction of sp³-hybridized carbons (Fsp3) is 0.875. The molecule has 0 saturated heterocycles. The van der Waals surface area contributed by atoms with Gasteiger partial charge in [0.05, 0.1) is 0 Å².